The van der Waals surface area contributed by atoms with Crippen LogP contribution in [0.2, 0.25) is 0 Å². The van der Waals surface area contributed by atoms with Gasteiger partial charge in [-0.05, 0) is 39.3 Å². The highest BCUT2D eigenvalue weighted by molar-refractivity contribution is 5.43. The van der Waals surface area contributed by atoms with E-state index in [-0.39, 0.29) is 11.7 Å². The second-order valence-corrected chi connectivity index (χ2v) is 6.00. The van der Waals surface area contributed by atoms with Crippen molar-refractivity contribution in [1.29, 1.82) is 0 Å². The lowest BCUT2D eigenvalue weighted by atomic mass is 9.92. The van der Waals surface area contributed by atoms with Gasteiger partial charge in [0.25, 0.3) is 0 Å². The van der Waals surface area contributed by atoms with Gasteiger partial charge in [0.15, 0.2) is 0 Å². The van der Waals surface area contributed by atoms with Gasteiger partial charge in [0, 0.05) is 18.1 Å². The van der Waals surface area contributed by atoms with E-state index in [9.17, 15) is 5.11 Å². The van der Waals surface area contributed by atoms with Gasteiger partial charge >= 0.3 is 0 Å². The van der Waals surface area contributed by atoms with Crippen LogP contribution in [0.5, 0.6) is 11.5 Å². The van der Waals surface area contributed by atoms with E-state index in [0.29, 0.717) is 6.42 Å². The molecule has 0 bridgehead atoms. The number of hydrogen-bond donors (Lipinski definition) is 1. The van der Waals surface area contributed by atoms with Gasteiger partial charge in [-0.1, -0.05) is 13.3 Å². The summed E-state index contributed by atoms with van der Waals surface area (Å²) in [5.74, 6) is 1.55. The van der Waals surface area contributed by atoms with Crippen molar-refractivity contribution in [3.8, 4) is 11.5 Å². The minimum atomic E-state index is -0.458. The van der Waals surface area contributed by atoms with E-state index in [0.717, 1.165) is 29.9 Å². The monoisotopic (exact) mass is 264 g/mol. The van der Waals surface area contributed by atoms with E-state index >= 15 is 0 Å². The Kier molecular flexibility index (Phi) is 4.04. The lowest BCUT2D eigenvalue weighted by Crippen LogP contribution is -2.34. The number of rotatable bonds is 4. The molecule has 2 rings (SSSR count). The first-order valence-electron chi connectivity index (χ1n) is 7.09. The molecule has 2 unspecified atom stereocenters. The predicted molar refractivity (Wildman–Crippen MR) is 75.7 cm³/mol. The van der Waals surface area contributed by atoms with Gasteiger partial charge in [-0.3, -0.25) is 0 Å². The van der Waals surface area contributed by atoms with Gasteiger partial charge in [0.05, 0.1) is 12.2 Å². The van der Waals surface area contributed by atoms with Crippen LogP contribution >= 0.6 is 0 Å². The zero-order valence-corrected chi connectivity index (χ0v) is 12.3. The highest BCUT2D eigenvalue weighted by Crippen LogP contribution is 2.41. The molecule has 1 N–H and O–H groups in total. The summed E-state index contributed by atoms with van der Waals surface area (Å²) in [4.78, 5) is 0. The van der Waals surface area contributed by atoms with Crippen LogP contribution < -0.4 is 9.47 Å². The van der Waals surface area contributed by atoms with Gasteiger partial charge in [0.1, 0.15) is 17.1 Å². The fourth-order valence-electron chi connectivity index (χ4n) is 2.56. The average Bonchev–Trinajstić information content (AvgIpc) is 2.26. The predicted octanol–water partition coefficient (Wildman–Crippen LogP) is 3.85. The molecule has 3 heteroatoms. The molecule has 0 radical (unpaired) electrons. The van der Waals surface area contributed by atoms with Crippen molar-refractivity contribution in [3.05, 3.63) is 23.8 Å². The number of ether oxygens (including phenoxy) is 2. The first-order chi connectivity index (χ1) is 8.91. The maximum Gasteiger partial charge on any atom is 0.129 e. The standard InChI is InChI=1S/C16H24O3/c1-5-6-11(2)18-12-7-8-13-14(17)10-16(3,4)19-15(13)9-12/h7-9,11,14,17H,5-6,10H2,1-4H3. The van der Waals surface area contributed by atoms with E-state index in [2.05, 4.69) is 13.8 Å². The zero-order valence-electron chi connectivity index (χ0n) is 12.3. The Balaban J connectivity index is 2.18. The first kappa shape index (κ1) is 14.2. The Morgan fingerprint density at radius 1 is 1.47 bits per heavy atom. The van der Waals surface area contributed by atoms with Crippen molar-refractivity contribution in [3.63, 3.8) is 0 Å². The quantitative estimate of drug-likeness (QED) is 0.897. The molecule has 0 aliphatic carbocycles. The number of fused-ring (bicyclic) bond motifs is 1. The molecule has 0 spiro atoms. The van der Waals surface area contributed by atoms with Crippen LogP contribution in [0.3, 0.4) is 0 Å². The topological polar surface area (TPSA) is 38.7 Å². The van der Waals surface area contributed by atoms with Gasteiger partial charge in [-0.2, -0.15) is 0 Å². The molecule has 3 nitrogen and oxygen atoms in total. The van der Waals surface area contributed by atoms with Crippen LogP contribution in [-0.2, 0) is 0 Å². The van der Waals surface area contributed by atoms with Crippen molar-refractivity contribution in [2.75, 3.05) is 0 Å². The molecule has 0 fully saturated rings. The molecule has 1 aromatic rings. The van der Waals surface area contributed by atoms with Crippen LogP contribution in [0.15, 0.2) is 18.2 Å². The van der Waals surface area contributed by atoms with E-state index in [1.54, 1.807) is 0 Å². The smallest absolute Gasteiger partial charge is 0.129 e. The van der Waals surface area contributed by atoms with Gasteiger partial charge in [0.2, 0.25) is 0 Å². The van der Waals surface area contributed by atoms with E-state index in [1.165, 1.54) is 0 Å². The summed E-state index contributed by atoms with van der Waals surface area (Å²) in [6.45, 7) is 8.20. The number of aliphatic hydroxyl groups excluding tert-OH is 1. The normalized spacial score (nSPS) is 22.3. The average molecular weight is 264 g/mol. The van der Waals surface area contributed by atoms with Crippen molar-refractivity contribution < 1.29 is 14.6 Å². The molecule has 106 valence electrons. The fraction of sp³-hybridized carbons (Fsp3) is 0.625. The van der Waals surface area contributed by atoms with Crippen molar-refractivity contribution >= 4 is 0 Å². The Morgan fingerprint density at radius 3 is 2.89 bits per heavy atom. The summed E-state index contributed by atoms with van der Waals surface area (Å²) in [6, 6.07) is 5.71. The Hall–Kier alpha value is -1.22. The molecule has 1 heterocycles. The molecular weight excluding hydrogens is 240 g/mol. The van der Waals surface area contributed by atoms with Gasteiger partial charge in [-0.15, -0.1) is 0 Å². The summed E-state index contributed by atoms with van der Waals surface area (Å²) in [5, 5.41) is 10.1. The molecule has 0 aromatic heterocycles. The minimum absolute atomic E-state index is 0.199. The lowest BCUT2D eigenvalue weighted by molar-refractivity contribution is 0.0112. The maximum absolute atomic E-state index is 10.1. The van der Waals surface area contributed by atoms with E-state index in [1.807, 2.05) is 32.0 Å². The van der Waals surface area contributed by atoms with Crippen LogP contribution in [0.4, 0.5) is 0 Å². The Labute approximate surface area is 115 Å². The summed E-state index contributed by atoms with van der Waals surface area (Å²) >= 11 is 0. The fourth-order valence-corrected chi connectivity index (χ4v) is 2.56. The van der Waals surface area contributed by atoms with Crippen molar-refractivity contribution in [1.82, 2.24) is 0 Å². The van der Waals surface area contributed by atoms with Crippen LogP contribution in [0, 0.1) is 0 Å². The van der Waals surface area contributed by atoms with Gasteiger partial charge < -0.3 is 14.6 Å². The highest BCUT2D eigenvalue weighted by atomic mass is 16.5. The highest BCUT2D eigenvalue weighted by Gasteiger charge is 2.32. The maximum atomic E-state index is 10.1. The number of aliphatic hydroxyl groups is 1. The minimum Gasteiger partial charge on any atom is -0.491 e. The lowest BCUT2D eigenvalue weighted by Gasteiger charge is -2.35. The van der Waals surface area contributed by atoms with Crippen LogP contribution in [0.1, 0.15) is 58.6 Å². The number of hydrogen-bond acceptors (Lipinski definition) is 3. The van der Waals surface area contributed by atoms with Crippen LogP contribution in [0.25, 0.3) is 0 Å². The zero-order chi connectivity index (χ0) is 14.0. The number of benzene rings is 1. The molecule has 0 saturated heterocycles. The Bertz CT molecular complexity index is 440. The molecule has 1 aliphatic rings. The summed E-state index contributed by atoms with van der Waals surface area (Å²) < 4.78 is 11.8. The van der Waals surface area contributed by atoms with E-state index in [4.69, 9.17) is 9.47 Å². The molecule has 2 atom stereocenters. The molecule has 0 amide bonds. The first-order valence-corrected chi connectivity index (χ1v) is 7.09. The van der Waals surface area contributed by atoms with Crippen molar-refractivity contribution in [2.45, 2.75) is 64.8 Å². The molecule has 19 heavy (non-hydrogen) atoms. The molecule has 0 saturated carbocycles. The van der Waals surface area contributed by atoms with Crippen molar-refractivity contribution in [2.24, 2.45) is 0 Å². The SMILES string of the molecule is CCCC(C)Oc1ccc2c(c1)OC(C)(C)CC2O. The van der Waals surface area contributed by atoms with Gasteiger partial charge in [-0.25, -0.2) is 0 Å². The van der Waals surface area contributed by atoms with Crippen LogP contribution in [-0.4, -0.2) is 16.8 Å². The summed E-state index contributed by atoms with van der Waals surface area (Å²) in [6.07, 6.45) is 2.50. The largest absolute Gasteiger partial charge is 0.491 e. The Morgan fingerprint density at radius 2 is 2.21 bits per heavy atom. The third-order valence-corrected chi connectivity index (χ3v) is 3.45. The summed E-state index contributed by atoms with van der Waals surface area (Å²) in [5.41, 5.74) is 0.523. The molecular formula is C16H24O3. The second kappa shape index (κ2) is 5.41. The molecule has 1 aromatic carbocycles. The third kappa shape index (κ3) is 3.41. The van der Waals surface area contributed by atoms with E-state index < -0.39 is 6.10 Å². The second-order valence-electron chi connectivity index (χ2n) is 6.00. The third-order valence-electron chi connectivity index (χ3n) is 3.45. The molecule has 1 aliphatic heterocycles. The summed E-state index contributed by atoms with van der Waals surface area (Å²) in [7, 11) is 0.